The molecule has 0 radical (unpaired) electrons. The third-order valence-electron chi connectivity index (χ3n) is 5.58. The Balaban J connectivity index is 1.66. The number of nitrogens with one attached hydrogen (secondary N) is 1. The standard InChI is InChI=1S/C28H25NO3S/c1-19-25(22-16-10-5-11-17-22)26(28(31)32-2)27(33-19)29-24(30)18-23(20-12-6-3-7-13-20)21-14-8-4-9-15-21/h3-17,23H,18H2,1-2H3,(H,29,30). The molecule has 0 saturated carbocycles. The zero-order chi connectivity index (χ0) is 23.2. The van der Waals surface area contributed by atoms with Crippen molar-refractivity contribution in [1.82, 2.24) is 0 Å². The number of ether oxygens (including phenoxy) is 1. The van der Waals surface area contributed by atoms with E-state index in [9.17, 15) is 9.59 Å². The van der Waals surface area contributed by atoms with Gasteiger partial charge in [0.15, 0.2) is 0 Å². The normalized spacial score (nSPS) is 10.8. The largest absolute Gasteiger partial charge is 0.465 e. The van der Waals surface area contributed by atoms with Crippen LogP contribution in [0.2, 0.25) is 0 Å². The van der Waals surface area contributed by atoms with Crippen LogP contribution in [-0.2, 0) is 9.53 Å². The van der Waals surface area contributed by atoms with E-state index in [4.69, 9.17) is 4.74 Å². The quantitative estimate of drug-likeness (QED) is 0.317. The predicted octanol–water partition coefficient (Wildman–Crippen LogP) is 6.67. The van der Waals surface area contributed by atoms with E-state index in [1.54, 1.807) is 0 Å². The summed E-state index contributed by atoms with van der Waals surface area (Å²) in [5.41, 5.74) is 4.25. The number of carbonyl (C=O) groups excluding carboxylic acids is 2. The first kappa shape index (κ1) is 22.5. The Kier molecular flexibility index (Phi) is 7.01. The van der Waals surface area contributed by atoms with Gasteiger partial charge in [0.1, 0.15) is 10.6 Å². The summed E-state index contributed by atoms with van der Waals surface area (Å²) >= 11 is 1.39. The lowest BCUT2D eigenvalue weighted by Crippen LogP contribution is -2.17. The molecule has 0 aliphatic heterocycles. The monoisotopic (exact) mass is 455 g/mol. The Labute approximate surface area is 197 Å². The molecule has 33 heavy (non-hydrogen) atoms. The summed E-state index contributed by atoms with van der Waals surface area (Å²) in [6, 6.07) is 29.7. The van der Waals surface area contributed by atoms with Crippen LogP contribution in [-0.4, -0.2) is 19.0 Å². The number of aryl methyl sites for hydroxylation is 1. The molecule has 0 saturated heterocycles. The van der Waals surface area contributed by atoms with Gasteiger partial charge in [-0.25, -0.2) is 4.79 Å². The Morgan fingerprint density at radius 3 is 1.88 bits per heavy atom. The van der Waals surface area contributed by atoms with Crippen molar-refractivity contribution in [3.63, 3.8) is 0 Å². The van der Waals surface area contributed by atoms with E-state index in [1.807, 2.05) is 97.9 Å². The summed E-state index contributed by atoms with van der Waals surface area (Å²) in [6.45, 7) is 1.95. The third-order valence-corrected chi connectivity index (χ3v) is 6.60. The van der Waals surface area contributed by atoms with E-state index in [-0.39, 0.29) is 18.2 Å². The van der Waals surface area contributed by atoms with Crippen molar-refractivity contribution in [3.05, 3.63) is 113 Å². The van der Waals surface area contributed by atoms with Gasteiger partial charge in [0.05, 0.1) is 7.11 Å². The van der Waals surface area contributed by atoms with Crippen LogP contribution in [0.3, 0.4) is 0 Å². The fraction of sp³-hybridized carbons (Fsp3) is 0.143. The van der Waals surface area contributed by atoms with E-state index < -0.39 is 5.97 Å². The maximum absolute atomic E-state index is 13.2. The molecule has 1 heterocycles. The second-order valence-electron chi connectivity index (χ2n) is 7.72. The van der Waals surface area contributed by atoms with E-state index >= 15 is 0 Å². The molecule has 0 unspecified atom stereocenters. The van der Waals surface area contributed by atoms with Crippen molar-refractivity contribution in [2.75, 3.05) is 12.4 Å². The molecule has 0 atom stereocenters. The molecule has 4 aromatic rings. The fourth-order valence-electron chi connectivity index (χ4n) is 4.04. The number of benzene rings is 3. The summed E-state index contributed by atoms with van der Waals surface area (Å²) in [4.78, 5) is 26.9. The topological polar surface area (TPSA) is 55.4 Å². The molecule has 1 amide bonds. The van der Waals surface area contributed by atoms with Crippen LogP contribution < -0.4 is 5.32 Å². The van der Waals surface area contributed by atoms with Crippen molar-refractivity contribution < 1.29 is 14.3 Å². The number of thiophene rings is 1. The van der Waals surface area contributed by atoms with E-state index in [2.05, 4.69) is 5.32 Å². The Morgan fingerprint density at radius 1 is 0.848 bits per heavy atom. The molecule has 1 aromatic heterocycles. The van der Waals surface area contributed by atoms with Crippen LogP contribution in [0.15, 0.2) is 91.0 Å². The molecule has 0 fully saturated rings. The van der Waals surface area contributed by atoms with Gasteiger partial charge in [0.2, 0.25) is 5.91 Å². The average Bonchev–Trinajstić information content (AvgIpc) is 3.18. The number of anilines is 1. The molecule has 166 valence electrons. The number of esters is 1. The van der Waals surface area contributed by atoms with Gasteiger partial charge in [0, 0.05) is 22.8 Å². The van der Waals surface area contributed by atoms with Crippen molar-refractivity contribution in [2.45, 2.75) is 19.3 Å². The molecule has 4 rings (SSSR count). The third kappa shape index (κ3) is 5.04. The van der Waals surface area contributed by atoms with Crippen molar-refractivity contribution in [3.8, 4) is 11.1 Å². The van der Waals surface area contributed by atoms with Gasteiger partial charge < -0.3 is 10.1 Å². The second-order valence-corrected chi connectivity index (χ2v) is 8.95. The number of amides is 1. The smallest absolute Gasteiger partial charge is 0.341 e. The fourth-order valence-corrected chi connectivity index (χ4v) is 5.12. The lowest BCUT2D eigenvalue weighted by molar-refractivity contribution is -0.116. The molecule has 0 aliphatic rings. The van der Waals surface area contributed by atoms with E-state index in [1.165, 1.54) is 18.4 Å². The van der Waals surface area contributed by atoms with Crippen LogP contribution in [0, 0.1) is 6.92 Å². The minimum absolute atomic E-state index is 0.0939. The highest BCUT2D eigenvalue weighted by Gasteiger charge is 2.26. The van der Waals surface area contributed by atoms with Gasteiger partial charge in [-0.15, -0.1) is 11.3 Å². The highest BCUT2D eigenvalue weighted by Crippen LogP contribution is 2.40. The van der Waals surface area contributed by atoms with Gasteiger partial charge in [-0.1, -0.05) is 91.0 Å². The average molecular weight is 456 g/mol. The first-order valence-corrected chi connectivity index (χ1v) is 11.6. The predicted molar refractivity (Wildman–Crippen MR) is 134 cm³/mol. The van der Waals surface area contributed by atoms with Crippen molar-refractivity contribution in [1.29, 1.82) is 0 Å². The lowest BCUT2D eigenvalue weighted by Gasteiger charge is -2.18. The van der Waals surface area contributed by atoms with Gasteiger partial charge in [0.25, 0.3) is 0 Å². The zero-order valence-corrected chi connectivity index (χ0v) is 19.4. The molecule has 1 N–H and O–H groups in total. The van der Waals surface area contributed by atoms with Gasteiger partial charge in [-0.2, -0.15) is 0 Å². The molecular weight excluding hydrogens is 430 g/mol. The number of carbonyl (C=O) groups is 2. The number of rotatable bonds is 7. The lowest BCUT2D eigenvalue weighted by atomic mass is 9.88. The Hall–Kier alpha value is -3.70. The minimum Gasteiger partial charge on any atom is -0.465 e. The van der Waals surface area contributed by atoms with E-state index in [0.29, 0.717) is 10.6 Å². The van der Waals surface area contributed by atoms with Crippen molar-refractivity contribution in [2.24, 2.45) is 0 Å². The summed E-state index contributed by atoms with van der Waals surface area (Å²) in [5.74, 6) is -0.710. The Bertz CT molecular complexity index is 1190. The van der Waals surface area contributed by atoms with Gasteiger partial charge in [-0.05, 0) is 23.6 Å². The van der Waals surface area contributed by atoms with Gasteiger partial charge >= 0.3 is 5.97 Å². The van der Waals surface area contributed by atoms with Crippen LogP contribution in [0.1, 0.15) is 38.7 Å². The Morgan fingerprint density at radius 2 is 1.36 bits per heavy atom. The highest BCUT2D eigenvalue weighted by molar-refractivity contribution is 7.17. The number of methoxy groups -OCH3 is 1. The molecule has 5 heteroatoms. The summed E-state index contributed by atoms with van der Waals surface area (Å²) in [7, 11) is 1.36. The first-order valence-electron chi connectivity index (χ1n) is 10.8. The van der Waals surface area contributed by atoms with Crippen LogP contribution >= 0.6 is 11.3 Å². The highest BCUT2D eigenvalue weighted by atomic mass is 32.1. The molecule has 0 aliphatic carbocycles. The summed E-state index contributed by atoms with van der Waals surface area (Å²) < 4.78 is 5.07. The summed E-state index contributed by atoms with van der Waals surface area (Å²) in [5, 5.41) is 3.52. The van der Waals surface area contributed by atoms with Crippen molar-refractivity contribution >= 4 is 28.2 Å². The SMILES string of the molecule is COC(=O)c1c(NC(=O)CC(c2ccccc2)c2ccccc2)sc(C)c1-c1ccccc1. The zero-order valence-electron chi connectivity index (χ0n) is 18.6. The maximum atomic E-state index is 13.2. The molecule has 4 nitrogen and oxygen atoms in total. The van der Waals surface area contributed by atoms with E-state index in [0.717, 1.165) is 27.1 Å². The van der Waals surface area contributed by atoms with Crippen LogP contribution in [0.5, 0.6) is 0 Å². The summed E-state index contributed by atoms with van der Waals surface area (Å²) in [6.07, 6.45) is 0.256. The first-order chi connectivity index (χ1) is 16.1. The minimum atomic E-state index is -0.462. The molecule has 3 aromatic carbocycles. The molecule has 0 spiro atoms. The van der Waals surface area contributed by atoms with Gasteiger partial charge in [-0.3, -0.25) is 4.79 Å². The molecular formula is C28H25NO3S. The second kappa shape index (κ2) is 10.3. The number of hydrogen-bond acceptors (Lipinski definition) is 4. The number of hydrogen-bond donors (Lipinski definition) is 1. The molecule has 0 bridgehead atoms. The maximum Gasteiger partial charge on any atom is 0.341 e. The van der Waals surface area contributed by atoms with Crippen LogP contribution in [0.25, 0.3) is 11.1 Å². The van der Waals surface area contributed by atoms with Crippen LogP contribution in [0.4, 0.5) is 5.00 Å².